The Kier molecular flexibility index (Phi) is 5.86. The maximum atomic E-state index is 11.6. The van der Waals surface area contributed by atoms with Gasteiger partial charge in [0.2, 0.25) is 0 Å². The second kappa shape index (κ2) is 7.44. The molecule has 1 heterocycles. The molecule has 0 aliphatic carbocycles. The Morgan fingerprint density at radius 2 is 1.78 bits per heavy atom. The quantitative estimate of drug-likeness (QED) is 0.480. The first-order valence-electron chi connectivity index (χ1n) is 5.42. The van der Waals surface area contributed by atoms with E-state index in [9.17, 15) is 14.4 Å². The Hall–Kier alpha value is -1.89. The van der Waals surface area contributed by atoms with Crippen molar-refractivity contribution in [3.8, 4) is 0 Å². The number of carbonyl (C=O) groups excluding carboxylic acids is 3. The zero-order valence-corrected chi connectivity index (χ0v) is 10.1. The lowest BCUT2D eigenvalue weighted by atomic mass is 10.4. The molecular weight excluding hydrogens is 242 g/mol. The van der Waals surface area contributed by atoms with Gasteiger partial charge in [-0.3, -0.25) is 4.79 Å². The van der Waals surface area contributed by atoms with E-state index in [1.54, 1.807) is 4.90 Å². The molecule has 0 atom stereocenters. The molecular formula is C11H15NO6. The molecule has 0 bridgehead atoms. The average molecular weight is 257 g/mol. The first-order valence-corrected chi connectivity index (χ1v) is 5.42. The number of amides is 1. The summed E-state index contributed by atoms with van der Waals surface area (Å²) in [4.78, 5) is 35.0. The third kappa shape index (κ3) is 4.96. The van der Waals surface area contributed by atoms with Gasteiger partial charge in [-0.05, 0) is 0 Å². The third-order valence-electron chi connectivity index (χ3n) is 2.26. The van der Waals surface area contributed by atoms with Crippen molar-refractivity contribution in [3.63, 3.8) is 0 Å². The fourth-order valence-corrected chi connectivity index (χ4v) is 1.29. The van der Waals surface area contributed by atoms with Crippen LogP contribution in [-0.4, -0.2) is 62.8 Å². The average Bonchev–Trinajstić information content (AvgIpc) is 2.42. The molecule has 1 aliphatic heterocycles. The molecule has 0 aromatic rings. The Morgan fingerprint density at radius 3 is 2.39 bits per heavy atom. The summed E-state index contributed by atoms with van der Waals surface area (Å²) in [5.74, 6) is -1.70. The van der Waals surface area contributed by atoms with Crippen molar-refractivity contribution in [1.29, 1.82) is 0 Å². The number of hydrogen-bond donors (Lipinski definition) is 0. The van der Waals surface area contributed by atoms with Crippen LogP contribution in [0.25, 0.3) is 0 Å². The predicted octanol–water partition coefficient (Wildman–Crippen LogP) is -0.882. The zero-order valence-electron chi connectivity index (χ0n) is 10.1. The summed E-state index contributed by atoms with van der Waals surface area (Å²) in [5, 5.41) is 0. The van der Waals surface area contributed by atoms with E-state index in [1.807, 2.05) is 0 Å². The van der Waals surface area contributed by atoms with Crippen LogP contribution in [0, 0.1) is 0 Å². The smallest absolute Gasteiger partial charge is 0.331 e. The molecule has 1 aliphatic rings. The van der Waals surface area contributed by atoms with Gasteiger partial charge in [0.1, 0.15) is 0 Å². The monoisotopic (exact) mass is 257 g/mol. The van der Waals surface area contributed by atoms with E-state index in [0.717, 1.165) is 12.2 Å². The van der Waals surface area contributed by atoms with Crippen LogP contribution in [-0.2, 0) is 28.6 Å². The molecule has 18 heavy (non-hydrogen) atoms. The number of nitrogens with zero attached hydrogens (tertiary/aromatic N) is 1. The highest BCUT2D eigenvalue weighted by atomic mass is 16.5. The van der Waals surface area contributed by atoms with Crippen LogP contribution in [0.15, 0.2) is 12.2 Å². The van der Waals surface area contributed by atoms with Crippen molar-refractivity contribution in [3.05, 3.63) is 12.2 Å². The summed E-state index contributed by atoms with van der Waals surface area (Å²) in [6, 6.07) is 0. The van der Waals surface area contributed by atoms with Crippen molar-refractivity contribution in [2.24, 2.45) is 0 Å². The number of carbonyl (C=O) groups is 3. The summed E-state index contributed by atoms with van der Waals surface area (Å²) >= 11 is 0. The molecule has 1 rings (SSSR count). The van der Waals surface area contributed by atoms with E-state index in [0.29, 0.717) is 26.3 Å². The molecule has 0 unspecified atom stereocenters. The van der Waals surface area contributed by atoms with Gasteiger partial charge >= 0.3 is 11.9 Å². The zero-order chi connectivity index (χ0) is 13.4. The molecule has 7 nitrogen and oxygen atoms in total. The van der Waals surface area contributed by atoms with E-state index in [-0.39, 0.29) is 12.5 Å². The molecule has 0 N–H and O–H groups in total. The lowest BCUT2D eigenvalue weighted by molar-refractivity contribution is -0.150. The summed E-state index contributed by atoms with van der Waals surface area (Å²) in [7, 11) is 1.19. The van der Waals surface area contributed by atoms with Gasteiger partial charge in [-0.2, -0.15) is 0 Å². The van der Waals surface area contributed by atoms with Gasteiger partial charge in [-0.15, -0.1) is 0 Å². The van der Waals surface area contributed by atoms with Crippen molar-refractivity contribution < 1.29 is 28.6 Å². The number of hydrogen-bond acceptors (Lipinski definition) is 6. The van der Waals surface area contributed by atoms with Crippen LogP contribution in [0.3, 0.4) is 0 Å². The van der Waals surface area contributed by atoms with Gasteiger partial charge in [0, 0.05) is 25.2 Å². The predicted molar refractivity (Wildman–Crippen MR) is 59.5 cm³/mol. The lowest BCUT2D eigenvalue weighted by Gasteiger charge is -2.26. The second-order valence-corrected chi connectivity index (χ2v) is 3.46. The molecule has 0 saturated carbocycles. The Labute approximate surface area is 104 Å². The van der Waals surface area contributed by atoms with Gasteiger partial charge in [0.05, 0.1) is 20.3 Å². The van der Waals surface area contributed by atoms with E-state index in [2.05, 4.69) is 9.47 Å². The van der Waals surface area contributed by atoms with Crippen LogP contribution in [0.5, 0.6) is 0 Å². The second-order valence-electron chi connectivity index (χ2n) is 3.46. The number of ether oxygens (including phenoxy) is 3. The molecule has 7 heteroatoms. The van der Waals surface area contributed by atoms with E-state index >= 15 is 0 Å². The Morgan fingerprint density at radius 1 is 1.17 bits per heavy atom. The lowest BCUT2D eigenvalue weighted by Crippen LogP contribution is -2.42. The van der Waals surface area contributed by atoms with Gasteiger partial charge in [-0.25, -0.2) is 9.59 Å². The normalized spacial score (nSPS) is 15.5. The standard InChI is InChI=1S/C11H15NO6/c1-16-10(14)2-3-11(15)18-8-9(13)12-4-6-17-7-5-12/h2-3H,4-8H2,1H3/b3-2+. The molecule has 0 spiro atoms. The van der Waals surface area contributed by atoms with Gasteiger partial charge < -0.3 is 19.1 Å². The Balaban J connectivity index is 2.27. The molecule has 100 valence electrons. The van der Waals surface area contributed by atoms with Crippen molar-refractivity contribution in [2.75, 3.05) is 40.0 Å². The van der Waals surface area contributed by atoms with Crippen LogP contribution < -0.4 is 0 Å². The summed E-state index contributed by atoms with van der Waals surface area (Å²) < 4.78 is 14.1. The van der Waals surface area contributed by atoms with E-state index in [4.69, 9.17) is 4.74 Å². The topological polar surface area (TPSA) is 82.1 Å². The summed E-state index contributed by atoms with van der Waals surface area (Å²) in [5.41, 5.74) is 0. The molecule has 0 aromatic carbocycles. The molecule has 1 saturated heterocycles. The highest BCUT2D eigenvalue weighted by Gasteiger charge is 2.17. The first-order chi connectivity index (χ1) is 8.63. The third-order valence-corrected chi connectivity index (χ3v) is 2.26. The Bertz CT molecular complexity index is 345. The minimum absolute atomic E-state index is 0.280. The van der Waals surface area contributed by atoms with Crippen LogP contribution >= 0.6 is 0 Å². The molecule has 0 aromatic heterocycles. The molecule has 1 amide bonds. The van der Waals surface area contributed by atoms with Gasteiger partial charge in [-0.1, -0.05) is 0 Å². The van der Waals surface area contributed by atoms with Crippen molar-refractivity contribution >= 4 is 17.8 Å². The highest BCUT2D eigenvalue weighted by Crippen LogP contribution is 1.98. The summed E-state index contributed by atoms with van der Waals surface area (Å²) in [6.45, 7) is 1.62. The number of esters is 2. The highest BCUT2D eigenvalue weighted by molar-refractivity contribution is 5.92. The van der Waals surface area contributed by atoms with Crippen LogP contribution in [0.2, 0.25) is 0 Å². The number of rotatable bonds is 4. The van der Waals surface area contributed by atoms with Crippen LogP contribution in [0.4, 0.5) is 0 Å². The summed E-state index contributed by atoms with van der Waals surface area (Å²) in [6.07, 6.45) is 1.85. The fraction of sp³-hybridized carbons (Fsp3) is 0.545. The number of morpholine rings is 1. The number of methoxy groups -OCH3 is 1. The minimum Gasteiger partial charge on any atom is -0.466 e. The fourth-order valence-electron chi connectivity index (χ4n) is 1.29. The van der Waals surface area contributed by atoms with Crippen LogP contribution in [0.1, 0.15) is 0 Å². The SMILES string of the molecule is COC(=O)/C=C/C(=O)OCC(=O)N1CCOCC1. The molecule has 0 radical (unpaired) electrons. The maximum Gasteiger partial charge on any atom is 0.331 e. The molecule has 1 fully saturated rings. The largest absolute Gasteiger partial charge is 0.466 e. The van der Waals surface area contributed by atoms with Gasteiger partial charge in [0.25, 0.3) is 5.91 Å². The van der Waals surface area contributed by atoms with Crippen molar-refractivity contribution in [2.45, 2.75) is 0 Å². The maximum absolute atomic E-state index is 11.6. The van der Waals surface area contributed by atoms with E-state index in [1.165, 1.54) is 7.11 Å². The van der Waals surface area contributed by atoms with Gasteiger partial charge in [0.15, 0.2) is 6.61 Å². The minimum atomic E-state index is -0.762. The van der Waals surface area contributed by atoms with E-state index < -0.39 is 11.9 Å². The first kappa shape index (κ1) is 14.2. The van der Waals surface area contributed by atoms with Crippen molar-refractivity contribution in [1.82, 2.24) is 4.90 Å².